The minimum absolute atomic E-state index is 0.631. The Morgan fingerprint density at radius 2 is 1.88 bits per heavy atom. The monoisotopic (exact) mass is 314 g/mol. The van der Waals surface area contributed by atoms with Gasteiger partial charge in [0.25, 0.3) is 0 Å². The maximum Gasteiger partial charge on any atom is 0.125 e. The molecule has 0 heterocycles. The second-order valence-electron chi connectivity index (χ2n) is 6.42. The Hall–Kier alpha value is -2.61. The summed E-state index contributed by atoms with van der Waals surface area (Å²) in [5, 5.41) is 0. The van der Waals surface area contributed by atoms with Crippen LogP contribution in [0.2, 0.25) is 0 Å². The van der Waals surface area contributed by atoms with E-state index in [-0.39, 0.29) is 0 Å². The van der Waals surface area contributed by atoms with Crippen molar-refractivity contribution in [2.24, 2.45) is 10.7 Å². The summed E-state index contributed by atoms with van der Waals surface area (Å²) in [6, 6.07) is 13.1. The lowest BCUT2D eigenvalue weighted by Gasteiger charge is -2.24. The molecule has 2 aromatic carbocycles. The van der Waals surface area contributed by atoms with Gasteiger partial charge in [-0.1, -0.05) is 54.6 Å². The first-order valence-corrected chi connectivity index (χ1v) is 8.63. The number of aryl methyl sites for hydroxylation is 1. The smallest absolute Gasteiger partial charge is 0.125 e. The number of fused-ring (bicyclic) bond motifs is 2. The molecule has 0 fully saturated rings. The van der Waals surface area contributed by atoms with E-state index in [0.29, 0.717) is 5.84 Å². The van der Waals surface area contributed by atoms with Gasteiger partial charge in [0.2, 0.25) is 0 Å². The summed E-state index contributed by atoms with van der Waals surface area (Å²) in [6.07, 6.45) is 11.2. The molecular weight excluding hydrogens is 292 g/mol. The maximum atomic E-state index is 6.13. The average Bonchev–Trinajstić information content (AvgIpc) is 2.66. The molecule has 2 aromatic rings. The van der Waals surface area contributed by atoms with Crippen LogP contribution in [0.25, 0.3) is 11.6 Å². The average molecular weight is 314 g/mol. The molecule has 0 saturated carbocycles. The van der Waals surface area contributed by atoms with Gasteiger partial charge in [-0.05, 0) is 59.1 Å². The van der Waals surface area contributed by atoms with Crippen LogP contribution in [0, 0.1) is 0 Å². The third-order valence-corrected chi connectivity index (χ3v) is 5.08. The zero-order chi connectivity index (χ0) is 16.5. The van der Waals surface area contributed by atoms with Crippen LogP contribution in [0.4, 0.5) is 0 Å². The molecule has 0 unspecified atom stereocenters. The van der Waals surface area contributed by atoms with Crippen molar-refractivity contribution in [3.8, 4) is 0 Å². The minimum atomic E-state index is 0.631. The van der Waals surface area contributed by atoms with Crippen LogP contribution in [0.1, 0.15) is 46.2 Å². The van der Waals surface area contributed by atoms with Gasteiger partial charge in [0.15, 0.2) is 0 Å². The molecule has 2 N–H and O–H groups in total. The van der Waals surface area contributed by atoms with E-state index < -0.39 is 0 Å². The van der Waals surface area contributed by atoms with E-state index in [1.807, 2.05) is 0 Å². The number of rotatable bonds is 2. The molecule has 2 aliphatic rings. The number of nitrogens with two attached hydrogens (primary N) is 1. The van der Waals surface area contributed by atoms with Crippen molar-refractivity contribution in [1.29, 1.82) is 0 Å². The standard InChI is InChI=1S/C22H22N2/c1-24-22(23)21-14-13-20(18-10-4-5-11-19(18)21)17-12-6-8-15-7-2-3-9-16(15)17/h2-4,7,9-10,12-14H,5-6,8,11H2,1H3,(H2,23,24). The predicted octanol–water partition coefficient (Wildman–Crippen LogP) is 4.36. The van der Waals surface area contributed by atoms with Gasteiger partial charge in [0, 0.05) is 12.6 Å². The first-order chi connectivity index (χ1) is 11.8. The van der Waals surface area contributed by atoms with Crippen molar-refractivity contribution in [2.45, 2.75) is 25.7 Å². The van der Waals surface area contributed by atoms with Crippen molar-refractivity contribution < 1.29 is 0 Å². The highest BCUT2D eigenvalue weighted by Crippen LogP contribution is 2.37. The van der Waals surface area contributed by atoms with E-state index in [9.17, 15) is 0 Å². The third-order valence-electron chi connectivity index (χ3n) is 5.08. The minimum Gasteiger partial charge on any atom is -0.384 e. The SMILES string of the molecule is C/N=C(\N)c1ccc(C2=CCCc3ccccc32)c2c1CCC=C2. The molecule has 120 valence electrons. The second-order valence-corrected chi connectivity index (χ2v) is 6.42. The van der Waals surface area contributed by atoms with Crippen molar-refractivity contribution >= 4 is 17.5 Å². The molecule has 0 aliphatic heterocycles. The van der Waals surface area contributed by atoms with Crippen LogP contribution in [0.5, 0.6) is 0 Å². The normalized spacial score (nSPS) is 16.4. The molecule has 2 nitrogen and oxygen atoms in total. The number of aliphatic imine (C=N–C) groups is 1. The molecule has 0 aromatic heterocycles. The van der Waals surface area contributed by atoms with Gasteiger partial charge >= 0.3 is 0 Å². The fourth-order valence-electron chi connectivity index (χ4n) is 3.89. The lowest BCUT2D eigenvalue weighted by Crippen LogP contribution is -2.18. The van der Waals surface area contributed by atoms with E-state index in [0.717, 1.165) is 31.2 Å². The van der Waals surface area contributed by atoms with E-state index in [4.69, 9.17) is 5.73 Å². The number of amidine groups is 1. The van der Waals surface area contributed by atoms with Crippen molar-refractivity contribution in [2.75, 3.05) is 7.05 Å². The highest BCUT2D eigenvalue weighted by molar-refractivity contribution is 6.01. The Balaban J connectivity index is 1.92. The summed E-state index contributed by atoms with van der Waals surface area (Å²) in [7, 11) is 1.76. The molecule has 2 aliphatic carbocycles. The zero-order valence-corrected chi connectivity index (χ0v) is 14.0. The zero-order valence-electron chi connectivity index (χ0n) is 14.0. The van der Waals surface area contributed by atoms with Gasteiger partial charge in [0.05, 0.1) is 0 Å². The molecule has 0 atom stereocenters. The molecule has 0 bridgehead atoms. The molecule has 24 heavy (non-hydrogen) atoms. The predicted molar refractivity (Wildman–Crippen MR) is 102 cm³/mol. The van der Waals surface area contributed by atoms with Crippen molar-refractivity contribution in [3.05, 3.63) is 81.9 Å². The highest BCUT2D eigenvalue weighted by Gasteiger charge is 2.20. The summed E-state index contributed by atoms with van der Waals surface area (Å²) in [5.41, 5.74) is 15.4. The molecule has 2 heteroatoms. The number of allylic oxidation sites excluding steroid dienone is 2. The van der Waals surface area contributed by atoms with Crippen LogP contribution in [0.3, 0.4) is 0 Å². The van der Waals surface area contributed by atoms with E-state index in [1.165, 1.54) is 33.4 Å². The van der Waals surface area contributed by atoms with Crippen LogP contribution in [-0.4, -0.2) is 12.9 Å². The Morgan fingerprint density at radius 3 is 2.75 bits per heavy atom. The fourth-order valence-corrected chi connectivity index (χ4v) is 3.89. The summed E-state index contributed by atoms with van der Waals surface area (Å²) in [6.45, 7) is 0. The topological polar surface area (TPSA) is 38.4 Å². The first-order valence-electron chi connectivity index (χ1n) is 8.63. The van der Waals surface area contributed by atoms with Crippen LogP contribution >= 0.6 is 0 Å². The summed E-state index contributed by atoms with van der Waals surface area (Å²) < 4.78 is 0. The Morgan fingerprint density at radius 1 is 1.00 bits per heavy atom. The molecule has 0 amide bonds. The summed E-state index contributed by atoms with van der Waals surface area (Å²) in [4.78, 5) is 4.20. The first kappa shape index (κ1) is 14.9. The molecule has 4 rings (SSSR count). The number of benzene rings is 2. The van der Waals surface area contributed by atoms with Crippen molar-refractivity contribution in [1.82, 2.24) is 0 Å². The number of hydrogen-bond acceptors (Lipinski definition) is 1. The lowest BCUT2D eigenvalue weighted by atomic mass is 9.81. The van der Waals surface area contributed by atoms with Gasteiger partial charge in [-0.3, -0.25) is 4.99 Å². The van der Waals surface area contributed by atoms with Crippen LogP contribution in [0.15, 0.2) is 53.5 Å². The van der Waals surface area contributed by atoms with Gasteiger partial charge < -0.3 is 5.73 Å². The van der Waals surface area contributed by atoms with Gasteiger partial charge in [-0.15, -0.1) is 0 Å². The highest BCUT2D eigenvalue weighted by atomic mass is 14.8. The molecule has 0 saturated heterocycles. The van der Waals surface area contributed by atoms with Crippen LogP contribution in [-0.2, 0) is 12.8 Å². The summed E-state index contributed by atoms with van der Waals surface area (Å²) >= 11 is 0. The number of hydrogen-bond donors (Lipinski definition) is 1. The maximum absolute atomic E-state index is 6.13. The molecule has 0 spiro atoms. The van der Waals surface area contributed by atoms with Crippen molar-refractivity contribution in [3.63, 3.8) is 0 Å². The Labute approximate surface area is 143 Å². The van der Waals surface area contributed by atoms with Crippen LogP contribution < -0.4 is 5.73 Å². The fraction of sp³-hybridized carbons (Fsp3) is 0.227. The summed E-state index contributed by atoms with van der Waals surface area (Å²) in [5.74, 6) is 0.631. The Kier molecular flexibility index (Phi) is 3.81. The lowest BCUT2D eigenvalue weighted by molar-refractivity contribution is 0.968. The largest absolute Gasteiger partial charge is 0.384 e. The quantitative estimate of drug-likeness (QED) is 0.649. The van der Waals surface area contributed by atoms with E-state index in [2.05, 4.69) is 59.6 Å². The van der Waals surface area contributed by atoms with Gasteiger partial charge in [-0.25, -0.2) is 0 Å². The Bertz CT molecular complexity index is 885. The number of nitrogens with zero attached hydrogens (tertiary/aromatic N) is 1. The van der Waals surface area contributed by atoms with E-state index >= 15 is 0 Å². The van der Waals surface area contributed by atoms with Gasteiger partial charge in [0.1, 0.15) is 5.84 Å². The van der Waals surface area contributed by atoms with E-state index in [1.54, 1.807) is 7.05 Å². The molecule has 0 radical (unpaired) electrons. The third kappa shape index (κ3) is 2.39. The second kappa shape index (κ2) is 6.12. The van der Waals surface area contributed by atoms with Gasteiger partial charge in [-0.2, -0.15) is 0 Å². The molecular formula is C22H22N2.